The zero-order chi connectivity index (χ0) is 15.4. The van der Waals surface area contributed by atoms with Gasteiger partial charge in [0.05, 0.1) is 18.1 Å². The Bertz CT molecular complexity index is 607. The normalized spacial score (nSPS) is 20.2. The molecular formula is C16H23NO4S. The Labute approximate surface area is 132 Å². The van der Waals surface area contributed by atoms with Gasteiger partial charge in [0.25, 0.3) is 0 Å². The van der Waals surface area contributed by atoms with Gasteiger partial charge in [-0.15, -0.1) is 0 Å². The van der Waals surface area contributed by atoms with E-state index in [-0.39, 0.29) is 10.9 Å². The van der Waals surface area contributed by atoms with Gasteiger partial charge in [-0.25, -0.2) is 13.1 Å². The fourth-order valence-electron chi connectivity index (χ4n) is 3.00. The first-order valence-corrected chi connectivity index (χ1v) is 9.55. The summed E-state index contributed by atoms with van der Waals surface area (Å²) in [7, 11) is -3.51. The lowest BCUT2D eigenvalue weighted by molar-refractivity contribution is 0.297. The van der Waals surface area contributed by atoms with E-state index in [9.17, 15) is 8.42 Å². The summed E-state index contributed by atoms with van der Waals surface area (Å²) in [5.41, 5.74) is 0. The molecule has 5 nitrogen and oxygen atoms in total. The summed E-state index contributed by atoms with van der Waals surface area (Å²) >= 11 is 0. The zero-order valence-corrected chi connectivity index (χ0v) is 13.5. The molecule has 1 aromatic carbocycles. The van der Waals surface area contributed by atoms with Crippen molar-refractivity contribution in [2.75, 3.05) is 13.2 Å². The highest BCUT2D eigenvalue weighted by Crippen LogP contribution is 2.32. The van der Waals surface area contributed by atoms with Gasteiger partial charge in [-0.3, -0.25) is 0 Å². The van der Waals surface area contributed by atoms with Crippen molar-refractivity contribution in [2.24, 2.45) is 0 Å². The lowest BCUT2D eigenvalue weighted by atomic mass is 10.1. The number of benzene rings is 1. The van der Waals surface area contributed by atoms with E-state index in [4.69, 9.17) is 9.47 Å². The summed E-state index contributed by atoms with van der Waals surface area (Å²) in [6.45, 7) is 1.14. The lowest BCUT2D eigenvalue weighted by Crippen LogP contribution is -2.34. The zero-order valence-electron chi connectivity index (χ0n) is 12.7. The van der Waals surface area contributed by atoms with Crippen LogP contribution in [0.1, 0.15) is 44.9 Å². The van der Waals surface area contributed by atoms with Crippen LogP contribution < -0.4 is 14.2 Å². The monoisotopic (exact) mass is 325 g/mol. The van der Waals surface area contributed by atoms with Crippen LogP contribution in [0.25, 0.3) is 0 Å². The fourth-order valence-corrected chi connectivity index (χ4v) is 4.32. The van der Waals surface area contributed by atoms with Crippen molar-refractivity contribution in [2.45, 2.75) is 55.9 Å². The first-order chi connectivity index (χ1) is 10.6. The van der Waals surface area contributed by atoms with Crippen molar-refractivity contribution in [3.05, 3.63) is 18.2 Å². The van der Waals surface area contributed by atoms with Gasteiger partial charge < -0.3 is 9.47 Å². The number of hydrogen-bond donors (Lipinski definition) is 1. The molecule has 1 saturated carbocycles. The summed E-state index contributed by atoms with van der Waals surface area (Å²) in [6, 6.07) is 4.89. The van der Waals surface area contributed by atoms with Crippen LogP contribution in [0, 0.1) is 0 Å². The molecule has 6 heteroatoms. The summed E-state index contributed by atoms with van der Waals surface area (Å²) in [5, 5.41) is 0. The highest BCUT2D eigenvalue weighted by molar-refractivity contribution is 7.89. The third kappa shape index (κ3) is 3.73. The van der Waals surface area contributed by atoms with E-state index >= 15 is 0 Å². The fraction of sp³-hybridized carbons (Fsp3) is 0.625. The van der Waals surface area contributed by atoms with Gasteiger partial charge in [0.2, 0.25) is 10.0 Å². The molecule has 3 rings (SSSR count). The third-order valence-electron chi connectivity index (χ3n) is 4.21. The largest absolute Gasteiger partial charge is 0.490 e. The number of sulfonamides is 1. The minimum Gasteiger partial charge on any atom is -0.490 e. The van der Waals surface area contributed by atoms with Crippen LogP contribution in [0.5, 0.6) is 11.5 Å². The van der Waals surface area contributed by atoms with Crippen molar-refractivity contribution < 1.29 is 17.9 Å². The predicted octanol–water partition coefficient (Wildman–Crippen LogP) is 2.85. The lowest BCUT2D eigenvalue weighted by Gasteiger charge is -2.17. The van der Waals surface area contributed by atoms with E-state index in [1.165, 1.54) is 12.8 Å². The van der Waals surface area contributed by atoms with Crippen LogP contribution in [0.3, 0.4) is 0 Å². The first kappa shape index (κ1) is 15.6. The van der Waals surface area contributed by atoms with Crippen LogP contribution >= 0.6 is 0 Å². The quantitative estimate of drug-likeness (QED) is 0.868. The Balaban J connectivity index is 1.78. The predicted molar refractivity (Wildman–Crippen MR) is 83.9 cm³/mol. The van der Waals surface area contributed by atoms with Crippen LogP contribution in [0.4, 0.5) is 0 Å². The maximum atomic E-state index is 12.6. The smallest absolute Gasteiger partial charge is 0.240 e. The molecule has 1 fully saturated rings. The highest BCUT2D eigenvalue weighted by atomic mass is 32.2. The molecule has 2 aliphatic rings. The molecule has 1 aromatic rings. The van der Waals surface area contributed by atoms with Crippen molar-refractivity contribution in [3.8, 4) is 11.5 Å². The van der Waals surface area contributed by atoms with Gasteiger partial charge in [0.1, 0.15) is 0 Å². The third-order valence-corrected chi connectivity index (χ3v) is 5.72. The summed E-state index contributed by atoms with van der Waals surface area (Å²) < 4.78 is 39.1. The Morgan fingerprint density at radius 2 is 1.59 bits per heavy atom. The van der Waals surface area contributed by atoms with Gasteiger partial charge in [-0.2, -0.15) is 0 Å². The molecule has 0 radical (unpaired) electrons. The van der Waals surface area contributed by atoms with E-state index in [1.54, 1.807) is 18.2 Å². The van der Waals surface area contributed by atoms with Crippen LogP contribution in [0.15, 0.2) is 23.1 Å². The molecule has 0 amide bonds. The molecule has 0 aromatic heterocycles. The van der Waals surface area contributed by atoms with E-state index in [2.05, 4.69) is 4.72 Å². The van der Waals surface area contributed by atoms with Gasteiger partial charge in [0, 0.05) is 18.5 Å². The van der Waals surface area contributed by atoms with Crippen molar-refractivity contribution in [1.29, 1.82) is 0 Å². The van der Waals surface area contributed by atoms with Crippen LogP contribution in [0.2, 0.25) is 0 Å². The average molecular weight is 325 g/mol. The minimum absolute atomic E-state index is 0.0449. The van der Waals surface area contributed by atoms with Crippen molar-refractivity contribution >= 4 is 10.0 Å². The summed E-state index contributed by atoms with van der Waals surface area (Å²) in [5.74, 6) is 1.13. The molecule has 0 spiro atoms. The number of ether oxygens (including phenoxy) is 2. The van der Waals surface area contributed by atoms with Gasteiger partial charge in [-0.1, -0.05) is 25.7 Å². The molecular weight excluding hydrogens is 302 g/mol. The number of fused-ring (bicyclic) bond motifs is 1. The maximum absolute atomic E-state index is 12.6. The number of hydrogen-bond acceptors (Lipinski definition) is 4. The molecule has 122 valence electrons. The number of rotatable bonds is 3. The van der Waals surface area contributed by atoms with Gasteiger partial charge in [0.15, 0.2) is 11.5 Å². The SMILES string of the molecule is O=S(=O)(NC1CCCCCC1)c1ccc2c(c1)OCCCO2. The molecule has 0 atom stereocenters. The second-order valence-electron chi connectivity index (χ2n) is 5.97. The average Bonchev–Trinajstić information content (AvgIpc) is 2.88. The van der Waals surface area contributed by atoms with Crippen molar-refractivity contribution in [3.63, 3.8) is 0 Å². The molecule has 1 heterocycles. The van der Waals surface area contributed by atoms with Crippen LogP contribution in [-0.4, -0.2) is 27.7 Å². The Morgan fingerprint density at radius 3 is 2.32 bits per heavy atom. The first-order valence-electron chi connectivity index (χ1n) is 8.07. The standard InChI is InChI=1S/C16H23NO4S/c18-22(19,17-13-6-3-1-2-4-7-13)14-8-9-15-16(12-14)21-11-5-10-20-15/h8-9,12-13,17H,1-7,10-11H2. The molecule has 1 aliphatic carbocycles. The van der Waals surface area contributed by atoms with Crippen LogP contribution in [-0.2, 0) is 10.0 Å². The van der Waals surface area contributed by atoms with E-state index < -0.39 is 10.0 Å². The summed E-state index contributed by atoms with van der Waals surface area (Å²) in [4.78, 5) is 0.251. The molecule has 0 saturated heterocycles. The minimum atomic E-state index is -3.51. The highest BCUT2D eigenvalue weighted by Gasteiger charge is 2.23. The molecule has 1 aliphatic heterocycles. The second-order valence-corrected chi connectivity index (χ2v) is 7.68. The second kappa shape index (κ2) is 6.87. The summed E-state index contributed by atoms with van der Waals surface area (Å²) in [6.07, 6.45) is 7.22. The topological polar surface area (TPSA) is 64.6 Å². The van der Waals surface area contributed by atoms with Gasteiger partial charge >= 0.3 is 0 Å². The Morgan fingerprint density at radius 1 is 0.909 bits per heavy atom. The van der Waals surface area contributed by atoms with Gasteiger partial charge in [-0.05, 0) is 25.0 Å². The van der Waals surface area contributed by atoms with E-state index in [1.807, 2.05) is 0 Å². The van der Waals surface area contributed by atoms with Crippen molar-refractivity contribution in [1.82, 2.24) is 4.72 Å². The maximum Gasteiger partial charge on any atom is 0.240 e. The molecule has 0 bridgehead atoms. The molecule has 22 heavy (non-hydrogen) atoms. The number of nitrogens with one attached hydrogen (secondary N) is 1. The van der Waals surface area contributed by atoms with E-state index in [0.29, 0.717) is 24.7 Å². The Hall–Kier alpha value is -1.27. The van der Waals surface area contributed by atoms with E-state index in [0.717, 1.165) is 32.1 Å². The molecule has 0 unspecified atom stereocenters. The molecule has 1 N–H and O–H groups in total. The Kier molecular flexibility index (Phi) is 4.88.